The molecular formula is C21H25ClN4O3. The highest BCUT2D eigenvalue weighted by Gasteiger charge is 2.46. The molecule has 1 aromatic heterocycles. The van der Waals surface area contributed by atoms with Crippen molar-refractivity contribution >= 4 is 29.1 Å². The Morgan fingerprint density at radius 3 is 2.52 bits per heavy atom. The monoisotopic (exact) mass is 416 g/mol. The number of halogens is 1. The predicted octanol–water partition coefficient (Wildman–Crippen LogP) is 2.67. The van der Waals surface area contributed by atoms with Crippen LogP contribution in [-0.4, -0.2) is 63.6 Å². The van der Waals surface area contributed by atoms with Crippen LogP contribution in [0.3, 0.4) is 0 Å². The van der Waals surface area contributed by atoms with Crippen LogP contribution < -0.4 is 0 Å². The van der Waals surface area contributed by atoms with E-state index in [1.54, 1.807) is 42.9 Å². The lowest BCUT2D eigenvalue weighted by Gasteiger charge is -2.26. The highest BCUT2D eigenvalue weighted by molar-refractivity contribution is 6.46. The number of ketones is 1. The molecule has 1 atom stereocenters. The van der Waals surface area contributed by atoms with Gasteiger partial charge in [0.2, 0.25) is 0 Å². The van der Waals surface area contributed by atoms with Gasteiger partial charge in [0.1, 0.15) is 5.76 Å². The van der Waals surface area contributed by atoms with Crippen molar-refractivity contribution in [1.82, 2.24) is 19.6 Å². The Kier molecular flexibility index (Phi) is 5.82. The first-order chi connectivity index (χ1) is 13.6. The minimum atomic E-state index is -0.715. The minimum absolute atomic E-state index is 0.0650. The van der Waals surface area contributed by atoms with Crippen molar-refractivity contribution < 1.29 is 14.7 Å². The van der Waals surface area contributed by atoms with Gasteiger partial charge in [-0.25, -0.2) is 0 Å². The number of aromatic nitrogens is 2. The first kappa shape index (κ1) is 21.1. The van der Waals surface area contributed by atoms with Gasteiger partial charge in [0.05, 0.1) is 22.9 Å². The third-order valence-corrected chi connectivity index (χ3v) is 5.47. The van der Waals surface area contributed by atoms with E-state index in [0.29, 0.717) is 40.6 Å². The molecule has 154 valence electrons. The molecule has 8 heteroatoms. The molecule has 29 heavy (non-hydrogen) atoms. The van der Waals surface area contributed by atoms with Gasteiger partial charge in [0.25, 0.3) is 11.7 Å². The summed E-state index contributed by atoms with van der Waals surface area (Å²) in [6.07, 6.45) is 0. The van der Waals surface area contributed by atoms with Crippen molar-refractivity contribution in [2.45, 2.75) is 19.9 Å². The Hall–Kier alpha value is -2.64. The van der Waals surface area contributed by atoms with E-state index in [1.165, 1.54) is 4.90 Å². The number of likely N-dealkylation sites (tertiary alicyclic amines) is 1. The number of amides is 1. The maximum Gasteiger partial charge on any atom is 0.295 e. The third-order valence-electron chi connectivity index (χ3n) is 5.24. The van der Waals surface area contributed by atoms with Crippen LogP contribution in [0.1, 0.15) is 28.6 Å². The largest absolute Gasteiger partial charge is 0.507 e. The van der Waals surface area contributed by atoms with Crippen LogP contribution in [0.15, 0.2) is 29.8 Å². The van der Waals surface area contributed by atoms with Crippen LogP contribution in [0.5, 0.6) is 0 Å². The topological polar surface area (TPSA) is 78.7 Å². The van der Waals surface area contributed by atoms with Crippen LogP contribution in [0, 0.1) is 13.8 Å². The quantitative estimate of drug-likeness (QED) is 0.460. The Bertz CT molecular complexity index is 1010. The van der Waals surface area contributed by atoms with Crippen molar-refractivity contribution in [2.75, 3.05) is 27.2 Å². The summed E-state index contributed by atoms with van der Waals surface area (Å²) >= 11 is 6.18. The molecule has 1 fully saturated rings. The van der Waals surface area contributed by atoms with Crippen LogP contribution in [0.25, 0.3) is 5.76 Å². The standard InChI is InChI=1S/C21H25ClN4O3/c1-12-16(13(2)25(5)23-12)19(27)17-18(14-7-6-8-15(22)11-14)26(10-9-24(3)4)21(29)20(17)28/h6-8,11,18,27H,9-10H2,1-5H3/b19-17+/t18-/m1/s1. The molecule has 2 heterocycles. The second-order valence-electron chi connectivity index (χ2n) is 7.52. The van der Waals surface area contributed by atoms with Gasteiger partial charge in [-0.3, -0.25) is 14.3 Å². The number of hydrogen-bond acceptors (Lipinski definition) is 5. The van der Waals surface area contributed by atoms with E-state index in [-0.39, 0.29) is 11.3 Å². The van der Waals surface area contributed by atoms with Crippen molar-refractivity contribution in [3.05, 3.63) is 57.4 Å². The van der Waals surface area contributed by atoms with Crippen LogP contribution in [0.2, 0.25) is 5.02 Å². The summed E-state index contributed by atoms with van der Waals surface area (Å²) < 4.78 is 1.64. The average Bonchev–Trinajstić information content (AvgIpc) is 3.05. The first-order valence-electron chi connectivity index (χ1n) is 9.32. The second-order valence-corrected chi connectivity index (χ2v) is 7.96. The molecule has 7 nitrogen and oxygen atoms in total. The van der Waals surface area contributed by atoms with E-state index in [1.807, 2.05) is 25.9 Å². The summed E-state index contributed by atoms with van der Waals surface area (Å²) in [5.74, 6) is -1.53. The van der Waals surface area contributed by atoms with Crippen LogP contribution in [-0.2, 0) is 16.6 Å². The molecule has 1 saturated heterocycles. The highest BCUT2D eigenvalue weighted by atomic mass is 35.5. The number of likely N-dealkylation sites (N-methyl/N-ethyl adjacent to an activating group) is 1. The molecule has 0 aliphatic carbocycles. The molecule has 0 bridgehead atoms. The van der Waals surface area contributed by atoms with Crippen molar-refractivity contribution in [3.8, 4) is 0 Å². The number of aryl methyl sites for hydroxylation is 2. The van der Waals surface area contributed by atoms with Crippen molar-refractivity contribution in [1.29, 1.82) is 0 Å². The van der Waals surface area contributed by atoms with Crippen LogP contribution in [0.4, 0.5) is 0 Å². The van der Waals surface area contributed by atoms with E-state index >= 15 is 0 Å². The zero-order valence-electron chi connectivity index (χ0n) is 17.2. The summed E-state index contributed by atoms with van der Waals surface area (Å²) in [7, 11) is 5.56. The Morgan fingerprint density at radius 1 is 1.28 bits per heavy atom. The number of aliphatic hydroxyl groups is 1. The lowest BCUT2D eigenvalue weighted by Crippen LogP contribution is -2.35. The fourth-order valence-corrected chi connectivity index (χ4v) is 3.89. The van der Waals surface area contributed by atoms with Gasteiger partial charge < -0.3 is 14.9 Å². The Balaban J connectivity index is 2.22. The molecule has 1 aliphatic heterocycles. The van der Waals surface area contributed by atoms with Gasteiger partial charge in [-0.05, 0) is 45.6 Å². The maximum atomic E-state index is 13.0. The zero-order chi connectivity index (χ0) is 21.5. The Morgan fingerprint density at radius 2 is 1.97 bits per heavy atom. The zero-order valence-corrected chi connectivity index (χ0v) is 18.0. The lowest BCUT2D eigenvalue weighted by molar-refractivity contribution is -0.140. The van der Waals surface area contributed by atoms with E-state index in [4.69, 9.17) is 11.6 Å². The summed E-state index contributed by atoms with van der Waals surface area (Å²) in [5, 5.41) is 16.0. The SMILES string of the molecule is Cc1nn(C)c(C)c1/C(O)=C1\C(=O)C(=O)N(CCN(C)C)[C@@H]1c1cccc(Cl)c1. The van der Waals surface area contributed by atoms with E-state index in [2.05, 4.69) is 5.10 Å². The summed E-state index contributed by atoms with van der Waals surface area (Å²) in [6, 6.07) is 6.31. The van der Waals surface area contributed by atoms with Gasteiger partial charge in [-0.15, -0.1) is 0 Å². The van der Waals surface area contributed by atoms with E-state index in [0.717, 1.165) is 0 Å². The van der Waals surface area contributed by atoms with Crippen molar-refractivity contribution in [2.24, 2.45) is 7.05 Å². The Labute approximate surface area is 175 Å². The number of rotatable bonds is 5. The molecule has 1 N–H and O–H groups in total. The number of benzene rings is 1. The average molecular weight is 417 g/mol. The molecule has 0 radical (unpaired) electrons. The minimum Gasteiger partial charge on any atom is -0.507 e. The molecule has 1 aromatic carbocycles. The van der Waals surface area contributed by atoms with Gasteiger partial charge in [-0.2, -0.15) is 5.10 Å². The van der Waals surface area contributed by atoms with Gasteiger partial charge >= 0.3 is 0 Å². The van der Waals surface area contributed by atoms with E-state index < -0.39 is 17.7 Å². The number of aliphatic hydroxyl groups excluding tert-OH is 1. The number of carbonyl (C=O) groups excluding carboxylic acids is 2. The molecule has 0 spiro atoms. The predicted molar refractivity (Wildman–Crippen MR) is 112 cm³/mol. The molecule has 0 saturated carbocycles. The molecular weight excluding hydrogens is 392 g/mol. The van der Waals surface area contributed by atoms with Crippen LogP contribution >= 0.6 is 11.6 Å². The number of nitrogens with zero attached hydrogens (tertiary/aromatic N) is 4. The normalized spacial score (nSPS) is 18.9. The van der Waals surface area contributed by atoms with Gasteiger partial charge in [0, 0.05) is 30.9 Å². The fourth-order valence-electron chi connectivity index (χ4n) is 3.69. The van der Waals surface area contributed by atoms with Crippen molar-refractivity contribution in [3.63, 3.8) is 0 Å². The lowest BCUT2D eigenvalue weighted by atomic mass is 9.94. The summed E-state index contributed by atoms with van der Waals surface area (Å²) in [5.41, 5.74) is 2.52. The smallest absolute Gasteiger partial charge is 0.295 e. The van der Waals surface area contributed by atoms with E-state index in [9.17, 15) is 14.7 Å². The molecule has 1 aliphatic rings. The number of carbonyl (C=O) groups is 2. The molecule has 2 aromatic rings. The number of Topliss-reactive ketones (excluding diaryl/α,β-unsaturated/α-hetero) is 1. The summed E-state index contributed by atoms with van der Waals surface area (Å²) in [4.78, 5) is 29.3. The molecule has 3 rings (SSSR count). The summed E-state index contributed by atoms with van der Waals surface area (Å²) in [6.45, 7) is 4.50. The first-order valence-corrected chi connectivity index (χ1v) is 9.70. The third kappa shape index (κ3) is 3.80. The highest BCUT2D eigenvalue weighted by Crippen LogP contribution is 2.40. The van der Waals surface area contributed by atoms with Gasteiger partial charge in [-0.1, -0.05) is 23.7 Å². The van der Waals surface area contributed by atoms with Gasteiger partial charge in [0.15, 0.2) is 0 Å². The molecule has 0 unspecified atom stereocenters. The second kappa shape index (κ2) is 8.00. The maximum absolute atomic E-state index is 13.0. The molecule has 1 amide bonds. The number of hydrogen-bond donors (Lipinski definition) is 1. The fraction of sp³-hybridized carbons (Fsp3) is 0.381.